The van der Waals surface area contributed by atoms with Gasteiger partial charge in [-0.3, -0.25) is 0 Å². The van der Waals surface area contributed by atoms with Crippen LogP contribution in [0, 0.1) is 17.5 Å². The summed E-state index contributed by atoms with van der Waals surface area (Å²) in [5, 5.41) is 0. The van der Waals surface area contributed by atoms with Gasteiger partial charge in [0.25, 0.3) is 0 Å². The number of fused-ring (bicyclic) bond motifs is 1. The molecule has 0 aliphatic carbocycles. The summed E-state index contributed by atoms with van der Waals surface area (Å²) in [6, 6.07) is 8.22. The van der Waals surface area contributed by atoms with Crippen LogP contribution < -0.4 is 0 Å². The molecule has 0 amide bonds. The van der Waals surface area contributed by atoms with E-state index in [9.17, 15) is 13.2 Å². The van der Waals surface area contributed by atoms with E-state index in [-0.39, 0.29) is 23.8 Å². The lowest BCUT2D eigenvalue weighted by Gasteiger charge is -2.08. The number of nitrogens with zero attached hydrogens (tertiary/aromatic N) is 2. The number of rotatable bonds is 3. The molecule has 108 valence electrons. The van der Waals surface area contributed by atoms with Crippen LogP contribution in [0.3, 0.4) is 0 Å². The molecule has 6 heteroatoms. The third-order valence-corrected chi connectivity index (χ3v) is 3.49. The lowest BCUT2D eigenvalue weighted by molar-refractivity contribution is 0.512. The van der Waals surface area contributed by atoms with Gasteiger partial charge in [-0.05, 0) is 29.8 Å². The second kappa shape index (κ2) is 5.41. The molecule has 0 fully saturated rings. The summed E-state index contributed by atoms with van der Waals surface area (Å²) in [4.78, 5) is 4.20. The van der Waals surface area contributed by atoms with Crippen molar-refractivity contribution in [3.63, 3.8) is 0 Å². The first-order chi connectivity index (χ1) is 10.1. The molecule has 1 heterocycles. The van der Waals surface area contributed by atoms with Gasteiger partial charge in [-0.1, -0.05) is 12.1 Å². The van der Waals surface area contributed by atoms with Gasteiger partial charge in [0.05, 0.1) is 11.4 Å². The van der Waals surface area contributed by atoms with Crippen molar-refractivity contribution in [2.24, 2.45) is 0 Å². The third kappa shape index (κ3) is 2.49. The molecule has 0 atom stereocenters. The molecule has 0 aliphatic rings. The van der Waals surface area contributed by atoms with Gasteiger partial charge in [-0.2, -0.15) is 0 Å². The van der Waals surface area contributed by atoms with Gasteiger partial charge in [0.15, 0.2) is 11.6 Å². The Bertz CT molecular complexity index is 797. The van der Waals surface area contributed by atoms with E-state index in [0.29, 0.717) is 11.3 Å². The smallest absolute Gasteiger partial charge is 0.184 e. The Morgan fingerprint density at radius 3 is 2.38 bits per heavy atom. The summed E-state index contributed by atoms with van der Waals surface area (Å²) in [5.74, 6) is -1.76. The summed E-state index contributed by atoms with van der Waals surface area (Å²) in [7, 11) is 0. The second-order valence-corrected chi connectivity index (χ2v) is 4.87. The summed E-state index contributed by atoms with van der Waals surface area (Å²) in [6.45, 7) is 0.235. The van der Waals surface area contributed by atoms with Crippen LogP contribution in [0.25, 0.3) is 11.0 Å². The minimum atomic E-state index is -0.960. The minimum Gasteiger partial charge on any atom is -0.320 e. The molecular formula is C15H10ClF3N2. The highest BCUT2D eigenvalue weighted by Gasteiger charge is 2.17. The number of halogens is 4. The molecule has 21 heavy (non-hydrogen) atoms. The number of imidazole rings is 1. The highest BCUT2D eigenvalue weighted by Crippen LogP contribution is 2.24. The zero-order valence-electron chi connectivity index (χ0n) is 10.8. The van der Waals surface area contributed by atoms with E-state index < -0.39 is 11.6 Å². The molecule has 3 rings (SSSR count). The van der Waals surface area contributed by atoms with Crippen molar-refractivity contribution in [2.45, 2.75) is 12.4 Å². The zero-order valence-corrected chi connectivity index (χ0v) is 11.5. The number of benzene rings is 2. The summed E-state index contributed by atoms with van der Waals surface area (Å²) >= 11 is 5.83. The Morgan fingerprint density at radius 2 is 1.71 bits per heavy atom. The van der Waals surface area contributed by atoms with Crippen LogP contribution in [0.4, 0.5) is 13.2 Å². The van der Waals surface area contributed by atoms with E-state index in [1.165, 1.54) is 22.8 Å². The van der Waals surface area contributed by atoms with Crippen molar-refractivity contribution in [1.29, 1.82) is 0 Å². The normalized spacial score (nSPS) is 11.2. The van der Waals surface area contributed by atoms with Gasteiger partial charge >= 0.3 is 0 Å². The highest BCUT2D eigenvalue weighted by molar-refractivity contribution is 6.16. The number of alkyl halides is 1. The summed E-state index contributed by atoms with van der Waals surface area (Å²) in [5.41, 5.74) is 1.15. The number of aromatic nitrogens is 2. The molecule has 0 aliphatic heterocycles. The molecular weight excluding hydrogens is 301 g/mol. The fourth-order valence-corrected chi connectivity index (χ4v) is 2.45. The molecule has 0 bridgehead atoms. The van der Waals surface area contributed by atoms with Crippen LogP contribution >= 0.6 is 11.6 Å². The topological polar surface area (TPSA) is 17.8 Å². The molecule has 2 nitrogen and oxygen atoms in total. The van der Waals surface area contributed by atoms with Gasteiger partial charge in [0.2, 0.25) is 0 Å². The van der Waals surface area contributed by atoms with Gasteiger partial charge in [0, 0.05) is 6.54 Å². The number of hydrogen-bond acceptors (Lipinski definition) is 1. The Balaban J connectivity index is 2.15. The summed E-state index contributed by atoms with van der Waals surface area (Å²) in [6.07, 6.45) is 0. The van der Waals surface area contributed by atoms with Gasteiger partial charge < -0.3 is 4.57 Å². The van der Waals surface area contributed by atoms with E-state index in [1.807, 2.05) is 0 Å². The molecule has 0 spiro atoms. The average molecular weight is 311 g/mol. The zero-order chi connectivity index (χ0) is 15.0. The van der Waals surface area contributed by atoms with E-state index in [1.54, 1.807) is 12.1 Å². The maximum atomic E-state index is 14.0. The fraction of sp³-hybridized carbons (Fsp3) is 0.133. The van der Waals surface area contributed by atoms with E-state index in [0.717, 1.165) is 11.6 Å². The first kappa shape index (κ1) is 13.9. The van der Waals surface area contributed by atoms with Gasteiger partial charge in [0.1, 0.15) is 17.2 Å². The van der Waals surface area contributed by atoms with Gasteiger partial charge in [-0.15, -0.1) is 11.6 Å². The van der Waals surface area contributed by atoms with Crippen molar-refractivity contribution in [3.05, 3.63) is 65.2 Å². The maximum Gasteiger partial charge on any atom is 0.184 e. The molecule has 0 N–H and O–H groups in total. The molecule has 0 unspecified atom stereocenters. The van der Waals surface area contributed by atoms with E-state index in [4.69, 9.17) is 11.6 Å². The van der Waals surface area contributed by atoms with Crippen LogP contribution in [0.2, 0.25) is 0 Å². The second-order valence-electron chi connectivity index (χ2n) is 4.60. The van der Waals surface area contributed by atoms with E-state index >= 15 is 0 Å². The Morgan fingerprint density at radius 1 is 1.00 bits per heavy atom. The van der Waals surface area contributed by atoms with Crippen LogP contribution in [0.15, 0.2) is 36.4 Å². The quantitative estimate of drug-likeness (QED) is 0.662. The minimum absolute atomic E-state index is 0.0648. The average Bonchev–Trinajstić information content (AvgIpc) is 2.84. The van der Waals surface area contributed by atoms with Gasteiger partial charge in [-0.25, -0.2) is 18.2 Å². The predicted octanol–water partition coefficient (Wildman–Crippen LogP) is 4.24. The predicted molar refractivity (Wildman–Crippen MR) is 74.7 cm³/mol. The maximum absolute atomic E-state index is 14.0. The van der Waals surface area contributed by atoms with Crippen molar-refractivity contribution in [1.82, 2.24) is 9.55 Å². The molecule has 3 aromatic rings. The monoisotopic (exact) mass is 310 g/mol. The first-order valence-electron chi connectivity index (χ1n) is 6.23. The molecule has 0 saturated carbocycles. The molecule has 1 aromatic heterocycles. The largest absolute Gasteiger partial charge is 0.320 e. The lowest BCUT2D eigenvalue weighted by Crippen LogP contribution is -2.05. The SMILES string of the molecule is Fc1ccc(Cn2c(CCl)nc3ccc(F)c(F)c32)cc1. The molecule has 2 aromatic carbocycles. The lowest BCUT2D eigenvalue weighted by atomic mass is 10.2. The fourth-order valence-electron chi connectivity index (χ4n) is 2.25. The Kier molecular flexibility index (Phi) is 3.59. The number of hydrogen-bond donors (Lipinski definition) is 0. The van der Waals surface area contributed by atoms with Crippen LogP contribution in [-0.2, 0) is 12.4 Å². The van der Waals surface area contributed by atoms with E-state index in [2.05, 4.69) is 4.98 Å². The summed E-state index contributed by atoms with van der Waals surface area (Å²) < 4.78 is 41.9. The first-order valence-corrected chi connectivity index (χ1v) is 6.77. The van der Waals surface area contributed by atoms with Crippen molar-refractivity contribution >= 4 is 22.6 Å². The van der Waals surface area contributed by atoms with Crippen molar-refractivity contribution in [3.8, 4) is 0 Å². The Labute approximate surface area is 123 Å². The van der Waals surface area contributed by atoms with Crippen molar-refractivity contribution < 1.29 is 13.2 Å². The highest BCUT2D eigenvalue weighted by atomic mass is 35.5. The van der Waals surface area contributed by atoms with Crippen LogP contribution in [0.5, 0.6) is 0 Å². The standard InChI is InChI=1S/C15H10ClF3N2/c16-7-13-20-12-6-5-11(18)14(19)15(12)21(13)8-9-1-3-10(17)4-2-9/h1-6H,7-8H2. The van der Waals surface area contributed by atoms with Crippen LogP contribution in [-0.4, -0.2) is 9.55 Å². The Hall–Kier alpha value is -2.01. The third-order valence-electron chi connectivity index (χ3n) is 3.25. The molecule has 0 radical (unpaired) electrons. The van der Waals surface area contributed by atoms with Crippen molar-refractivity contribution in [2.75, 3.05) is 0 Å². The van der Waals surface area contributed by atoms with Crippen LogP contribution in [0.1, 0.15) is 11.4 Å². The molecule has 0 saturated heterocycles.